The van der Waals surface area contributed by atoms with E-state index in [2.05, 4.69) is 10.3 Å². The zero-order valence-electron chi connectivity index (χ0n) is 11.8. The third-order valence-electron chi connectivity index (χ3n) is 2.83. The Balaban J connectivity index is 1.88. The Bertz CT molecular complexity index is 646. The van der Waals surface area contributed by atoms with E-state index >= 15 is 0 Å². The van der Waals surface area contributed by atoms with Crippen LogP contribution in [0.2, 0.25) is 0 Å². The first-order valence-electron chi connectivity index (χ1n) is 6.29. The number of anilines is 1. The molecule has 2 aromatic rings. The predicted molar refractivity (Wildman–Crippen MR) is 77.2 cm³/mol. The second-order valence-electron chi connectivity index (χ2n) is 4.52. The molecule has 0 atom stereocenters. The number of amides is 1. The molecule has 0 bridgehead atoms. The minimum Gasteiger partial charge on any atom is -0.484 e. The van der Waals surface area contributed by atoms with Gasteiger partial charge in [-0.2, -0.15) is 13.2 Å². The molecular formula is C14H13F3N2O2S. The smallest absolute Gasteiger partial charge is 0.416 e. The molecule has 0 saturated heterocycles. The highest BCUT2D eigenvalue weighted by molar-refractivity contribution is 7.15. The maximum Gasteiger partial charge on any atom is 0.416 e. The highest BCUT2D eigenvalue weighted by Gasteiger charge is 2.30. The molecule has 1 N–H and O–H groups in total. The Hall–Kier alpha value is -2.09. The lowest BCUT2D eigenvalue weighted by Crippen LogP contribution is -2.20. The van der Waals surface area contributed by atoms with Gasteiger partial charge in [-0.1, -0.05) is 0 Å². The van der Waals surface area contributed by atoms with Crippen molar-refractivity contribution < 1.29 is 22.7 Å². The number of ether oxygens (including phenoxy) is 1. The summed E-state index contributed by atoms with van der Waals surface area (Å²) in [6.45, 7) is 3.42. The number of aromatic nitrogens is 1. The van der Waals surface area contributed by atoms with E-state index in [9.17, 15) is 18.0 Å². The lowest BCUT2D eigenvalue weighted by molar-refractivity contribution is -0.137. The number of thiazole rings is 1. The van der Waals surface area contributed by atoms with E-state index in [0.29, 0.717) is 5.13 Å². The molecule has 22 heavy (non-hydrogen) atoms. The fraction of sp³-hybridized carbons (Fsp3) is 0.286. The quantitative estimate of drug-likeness (QED) is 0.928. The number of carbonyl (C=O) groups is 1. The van der Waals surface area contributed by atoms with Crippen molar-refractivity contribution >= 4 is 22.4 Å². The number of rotatable bonds is 4. The van der Waals surface area contributed by atoms with Crippen LogP contribution in [0.3, 0.4) is 0 Å². The van der Waals surface area contributed by atoms with Crippen LogP contribution in [0.25, 0.3) is 0 Å². The SMILES string of the molecule is Cc1nc(NC(=O)COc2ccc(C(F)(F)F)cc2)sc1C. The zero-order chi connectivity index (χ0) is 16.3. The Kier molecular flexibility index (Phi) is 4.70. The summed E-state index contributed by atoms with van der Waals surface area (Å²) in [5.74, 6) is -0.233. The summed E-state index contributed by atoms with van der Waals surface area (Å²) in [7, 11) is 0. The summed E-state index contributed by atoms with van der Waals surface area (Å²) >= 11 is 1.35. The molecule has 2 rings (SSSR count). The molecule has 0 radical (unpaired) electrons. The first-order valence-corrected chi connectivity index (χ1v) is 7.11. The number of alkyl halides is 3. The van der Waals surface area contributed by atoms with Crippen molar-refractivity contribution in [1.82, 2.24) is 4.98 Å². The van der Waals surface area contributed by atoms with Gasteiger partial charge in [-0.25, -0.2) is 4.98 Å². The molecule has 0 aliphatic heterocycles. The highest BCUT2D eigenvalue weighted by Crippen LogP contribution is 2.30. The van der Waals surface area contributed by atoms with Crippen LogP contribution in [0, 0.1) is 13.8 Å². The maximum absolute atomic E-state index is 12.4. The van der Waals surface area contributed by atoms with E-state index in [0.717, 1.165) is 22.7 Å². The third-order valence-corrected chi connectivity index (χ3v) is 3.81. The van der Waals surface area contributed by atoms with Crippen molar-refractivity contribution in [3.63, 3.8) is 0 Å². The van der Waals surface area contributed by atoms with Crippen molar-refractivity contribution in [3.8, 4) is 5.75 Å². The molecule has 1 heterocycles. The highest BCUT2D eigenvalue weighted by atomic mass is 32.1. The lowest BCUT2D eigenvalue weighted by Gasteiger charge is -2.08. The van der Waals surface area contributed by atoms with Crippen LogP contribution in [0.15, 0.2) is 24.3 Å². The second kappa shape index (κ2) is 6.35. The monoisotopic (exact) mass is 330 g/mol. The van der Waals surface area contributed by atoms with Crippen LogP contribution in [0.5, 0.6) is 5.75 Å². The summed E-state index contributed by atoms with van der Waals surface area (Å²) in [4.78, 5) is 16.8. The fourth-order valence-corrected chi connectivity index (χ4v) is 2.40. The minimum atomic E-state index is -4.39. The van der Waals surface area contributed by atoms with E-state index in [1.165, 1.54) is 23.5 Å². The number of carbonyl (C=O) groups excluding carboxylic acids is 1. The summed E-state index contributed by atoms with van der Waals surface area (Å²) in [6, 6.07) is 4.16. The Morgan fingerprint density at radius 3 is 2.41 bits per heavy atom. The van der Waals surface area contributed by atoms with Crippen LogP contribution in [-0.4, -0.2) is 17.5 Å². The molecule has 0 saturated carbocycles. The van der Waals surface area contributed by atoms with Crippen molar-refractivity contribution in [2.75, 3.05) is 11.9 Å². The lowest BCUT2D eigenvalue weighted by atomic mass is 10.2. The van der Waals surface area contributed by atoms with Gasteiger partial charge in [0.2, 0.25) is 0 Å². The molecule has 0 spiro atoms. The molecule has 0 fully saturated rings. The number of nitrogens with one attached hydrogen (secondary N) is 1. The summed E-state index contributed by atoms with van der Waals surface area (Å²) in [6.07, 6.45) is -4.39. The molecule has 4 nitrogen and oxygen atoms in total. The van der Waals surface area contributed by atoms with Crippen LogP contribution >= 0.6 is 11.3 Å². The van der Waals surface area contributed by atoms with Gasteiger partial charge in [0.05, 0.1) is 11.3 Å². The van der Waals surface area contributed by atoms with Gasteiger partial charge in [0, 0.05) is 4.88 Å². The van der Waals surface area contributed by atoms with E-state index in [-0.39, 0.29) is 12.4 Å². The van der Waals surface area contributed by atoms with Gasteiger partial charge in [-0.3, -0.25) is 10.1 Å². The van der Waals surface area contributed by atoms with Crippen molar-refractivity contribution in [1.29, 1.82) is 0 Å². The molecule has 1 aromatic carbocycles. The Morgan fingerprint density at radius 2 is 1.91 bits per heavy atom. The second-order valence-corrected chi connectivity index (χ2v) is 5.72. The standard InChI is InChI=1S/C14H13F3N2O2S/c1-8-9(2)22-13(18-8)19-12(20)7-21-11-5-3-10(4-6-11)14(15,16)17/h3-6H,7H2,1-2H3,(H,18,19,20). The zero-order valence-corrected chi connectivity index (χ0v) is 12.6. The van der Waals surface area contributed by atoms with E-state index < -0.39 is 17.6 Å². The number of nitrogens with zero attached hydrogens (tertiary/aromatic N) is 1. The molecule has 118 valence electrons. The van der Waals surface area contributed by atoms with Gasteiger partial charge in [-0.15, -0.1) is 11.3 Å². The van der Waals surface area contributed by atoms with Gasteiger partial charge in [0.1, 0.15) is 5.75 Å². The molecule has 0 aliphatic carbocycles. The summed E-state index contributed by atoms with van der Waals surface area (Å²) in [5, 5.41) is 3.04. The van der Waals surface area contributed by atoms with Gasteiger partial charge in [-0.05, 0) is 38.1 Å². The topological polar surface area (TPSA) is 51.2 Å². The van der Waals surface area contributed by atoms with Gasteiger partial charge in [0.25, 0.3) is 5.91 Å². The van der Waals surface area contributed by atoms with Crippen LogP contribution < -0.4 is 10.1 Å². The summed E-state index contributed by atoms with van der Waals surface area (Å²) < 4.78 is 42.3. The van der Waals surface area contributed by atoms with Crippen LogP contribution in [0.1, 0.15) is 16.1 Å². The van der Waals surface area contributed by atoms with Crippen LogP contribution in [-0.2, 0) is 11.0 Å². The first kappa shape index (κ1) is 16.3. The molecule has 1 aromatic heterocycles. The first-order chi connectivity index (χ1) is 10.3. The number of halogens is 3. The third kappa shape index (κ3) is 4.20. The average molecular weight is 330 g/mol. The molecule has 8 heteroatoms. The number of hydrogen-bond donors (Lipinski definition) is 1. The minimum absolute atomic E-state index is 0.189. The number of benzene rings is 1. The predicted octanol–water partition coefficient (Wildman–Crippen LogP) is 3.80. The van der Waals surface area contributed by atoms with Gasteiger partial charge < -0.3 is 4.74 Å². The molecular weight excluding hydrogens is 317 g/mol. The Labute approximate surface area is 128 Å². The van der Waals surface area contributed by atoms with Gasteiger partial charge >= 0.3 is 6.18 Å². The van der Waals surface area contributed by atoms with Crippen molar-refractivity contribution in [2.45, 2.75) is 20.0 Å². The fourth-order valence-electron chi connectivity index (χ4n) is 1.57. The summed E-state index contributed by atoms with van der Waals surface area (Å²) in [5.41, 5.74) is 0.0713. The van der Waals surface area contributed by atoms with E-state index in [1.807, 2.05) is 13.8 Å². The number of aryl methyl sites for hydroxylation is 2. The van der Waals surface area contributed by atoms with E-state index in [1.54, 1.807) is 0 Å². The van der Waals surface area contributed by atoms with Gasteiger partial charge in [0.15, 0.2) is 11.7 Å². The molecule has 0 unspecified atom stereocenters. The maximum atomic E-state index is 12.4. The normalized spacial score (nSPS) is 11.3. The number of hydrogen-bond acceptors (Lipinski definition) is 4. The van der Waals surface area contributed by atoms with Crippen LogP contribution in [0.4, 0.5) is 18.3 Å². The van der Waals surface area contributed by atoms with E-state index in [4.69, 9.17) is 4.74 Å². The molecule has 0 aliphatic rings. The van der Waals surface area contributed by atoms with Crippen molar-refractivity contribution in [3.05, 3.63) is 40.4 Å². The van der Waals surface area contributed by atoms with Crippen molar-refractivity contribution in [2.24, 2.45) is 0 Å². The largest absolute Gasteiger partial charge is 0.484 e. The Morgan fingerprint density at radius 1 is 1.27 bits per heavy atom. The molecule has 1 amide bonds. The average Bonchev–Trinajstić information content (AvgIpc) is 2.74.